The number of benzene rings is 1. The summed E-state index contributed by atoms with van der Waals surface area (Å²) in [6, 6.07) is 6.18. The number of aryl methyl sites for hydroxylation is 2. The predicted octanol–water partition coefficient (Wildman–Crippen LogP) is 1.24. The Hall–Kier alpha value is -1.88. The molecular weight excluding hydrogens is 252 g/mol. The number of imidazole rings is 1. The first kappa shape index (κ1) is 13.1. The maximum Gasteiger partial charge on any atom is 0.222 e. The molecule has 1 aliphatic rings. The van der Waals surface area contributed by atoms with Crippen LogP contribution in [0.15, 0.2) is 18.2 Å². The van der Waals surface area contributed by atoms with Gasteiger partial charge in [0.1, 0.15) is 5.82 Å². The lowest BCUT2D eigenvalue weighted by Gasteiger charge is -2.27. The summed E-state index contributed by atoms with van der Waals surface area (Å²) >= 11 is 0. The molecule has 2 aromatic rings. The third-order valence-electron chi connectivity index (χ3n) is 3.76. The summed E-state index contributed by atoms with van der Waals surface area (Å²) in [6.07, 6.45) is 1.37. The quantitative estimate of drug-likeness (QED) is 0.883. The second kappa shape index (κ2) is 5.63. The average molecular weight is 272 g/mol. The van der Waals surface area contributed by atoms with Gasteiger partial charge < -0.3 is 15.2 Å². The SMILES string of the molecule is Cc1nc2ccc(CCC(=O)N3CCNCC3)cc2[nH]1. The van der Waals surface area contributed by atoms with Crippen molar-refractivity contribution < 1.29 is 4.79 Å². The molecule has 5 heteroatoms. The van der Waals surface area contributed by atoms with Crippen molar-refractivity contribution in [3.63, 3.8) is 0 Å². The Labute approximate surface area is 118 Å². The zero-order valence-electron chi connectivity index (χ0n) is 11.8. The molecule has 20 heavy (non-hydrogen) atoms. The smallest absolute Gasteiger partial charge is 0.222 e. The summed E-state index contributed by atoms with van der Waals surface area (Å²) in [5.74, 6) is 1.18. The molecular formula is C15H20N4O. The topological polar surface area (TPSA) is 61.0 Å². The van der Waals surface area contributed by atoms with Crippen LogP contribution in [0.4, 0.5) is 0 Å². The molecule has 3 rings (SSSR count). The number of aromatic amines is 1. The van der Waals surface area contributed by atoms with E-state index in [4.69, 9.17) is 0 Å². The average Bonchev–Trinajstić information content (AvgIpc) is 2.85. The van der Waals surface area contributed by atoms with E-state index < -0.39 is 0 Å². The lowest BCUT2D eigenvalue weighted by atomic mass is 10.1. The molecule has 1 aromatic heterocycles. The first-order chi connectivity index (χ1) is 9.72. The van der Waals surface area contributed by atoms with Gasteiger partial charge >= 0.3 is 0 Å². The second-order valence-electron chi connectivity index (χ2n) is 5.30. The van der Waals surface area contributed by atoms with E-state index >= 15 is 0 Å². The van der Waals surface area contributed by atoms with Crippen LogP contribution in [0.25, 0.3) is 11.0 Å². The minimum atomic E-state index is 0.257. The van der Waals surface area contributed by atoms with Crippen LogP contribution in [0.2, 0.25) is 0 Å². The van der Waals surface area contributed by atoms with Crippen molar-refractivity contribution in [2.45, 2.75) is 19.8 Å². The highest BCUT2D eigenvalue weighted by atomic mass is 16.2. The number of H-pyrrole nitrogens is 1. The summed E-state index contributed by atoms with van der Waals surface area (Å²) < 4.78 is 0. The van der Waals surface area contributed by atoms with Crippen molar-refractivity contribution in [3.8, 4) is 0 Å². The van der Waals surface area contributed by atoms with E-state index in [-0.39, 0.29) is 5.91 Å². The highest BCUT2D eigenvalue weighted by molar-refractivity contribution is 5.78. The molecule has 0 radical (unpaired) electrons. The molecule has 5 nitrogen and oxygen atoms in total. The van der Waals surface area contributed by atoms with Crippen LogP contribution in [0.1, 0.15) is 17.8 Å². The van der Waals surface area contributed by atoms with Crippen LogP contribution in [0, 0.1) is 6.92 Å². The summed E-state index contributed by atoms with van der Waals surface area (Å²) in [5, 5.41) is 3.26. The number of nitrogens with zero attached hydrogens (tertiary/aromatic N) is 2. The van der Waals surface area contributed by atoms with Gasteiger partial charge in [-0.2, -0.15) is 0 Å². The second-order valence-corrected chi connectivity index (χ2v) is 5.30. The number of fused-ring (bicyclic) bond motifs is 1. The van der Waals surface area contributed by atoms with Crippen molar-refractivity contribution in [2.75, 3.05) is 26.2 Å². The Bertz CT molecular complexity index is 613. The summed E-state index contributed by atoms with van der Waals surface area (Å²) in [4.78, 5) is 21.7. The van der Waals surface area contributed by atoms with Gasteiger partial charge in [-0.1, -0.05) is 6.07 Å². The molecule has 0 unspecified atom stereocenters. The monoisotopic (exact) mass is 272 g/mol. The molecule has 0 bridgehead atoms. The van der Waals surface area contributed by atoms with Crippen LogP contribution >= 0.6 is 0 Å². The third kappa shape index (κ3) is 2.82. The zero-order valence-corrected chi connectivity index (χ0v) is 11.8. The molecule has 1 saturated heterocycles. The largest absolute Gasteiger partial charge is 0.342 e. The lowest BCUT2D eigenvalue weighted by Crippen LogP contribution is -2.46. The molecule has 2 N–H and O–H groups in total. The van der Waals surface area contributed by atoms with E-state index in [0.717, 1.165) is 49.5 Å². The van der Waals surface area contributed by atoms with Gasteiger partial charge in [0.05, 0.1) is 11.0 Å². The predicted molar refractivity (Wildman–Crippen MR) is 78.6 cm³/mol. The van der Waals surface area contributed by atoms with Crippen LogP contribution < -0.4 is 5.32 Å². The summed E-state index contributed by atoms with van der Waals surface area (Å²) in [6.45, 7) is 5.43. The molecule has 0 aliphatic carbocycles. The fourth-order valence-corrected chi connectivity index (χ4v) is 2.66. The maximum atomic E-state index is 12.1. The van der Waals surface area contributed by atoms with Gasteiger partial charge in [0, 0.05) is 32.6 Å². The first-order valence-corrected chi connectivity index (χ1v) is 7.16. The zero-order chi connectivity index (χ0) is 13.9. The van der Waals surface area contributed by atoms with Gasteiger partial charge in [0.2, 0.25) is 5.91 Å². The number of aromatic nitrogens is 2. The van der Waals surface area contributed by atoms with Crippen LogP contribution in [-0.4, -0.2) is 47.0 Å². The van der Waals surface area contributed by atoms with E-state index in [2.05, 4.69) is 27.4 Å². The highest BCUT2D eigenvalue weighted by Crippen LogP contribution is 2.15. The van der Waals surface area contributed by atoms with Gasteiger partial charge in [-0.15, -0.1) is 0 Å². The Morgan fingerprint density at radius 1 is 1.35 bits per heavy atom. The van der Waals surface area contributed by atoms with Gasteiger partial charge in [0.15, 0.2) is 0 Å². The number of nitrogens with one attached hydrogen (secondary N) is 2. The van der Waals surface area contributed by atoms with Crippen LogP contribution in [0.3, 0.4) is 0 Å². The molecule has 0 atom stereocenters. The van der Waals surface area contributed by atoms with Crippen molar-refractivity contribution in [1.29, 1.82) is 0 Å². The fourth-order valence-electron chi connectivity index (χ4n) is 2.66. The maximum absolute atomic E-state index is 12.1. The molecule has 1 fully saturated rings. The Morgan fingerprint density at radius 3 is 2.95 bits per heavy atom. The van der Waals surface area contributed by atoms with E-state index in [0.29, 0.717) is 6.42 Å². The van der Waals surface area contributed by atoms with Gasteiger partial charge in [-0.25, -0.2) is 4.98 Å². The molecule has 2 heterocycles. The Morgan fingerprint density at radius 2 is 2.15 bits per heavy atom. The molecule has 1 aromatic carbocycles. The van der Waals surface area contributed by atoms with Gasteiger partial charge in [0.25, 0.3) is 0 Å². The number of hydrogen-bond acceptors (Lipinski definition) is 3. The van der Waals surface area contributed by atoms with Crippen LogP contribution in [0.5, 0.6) is 0 Å². The Kier molecular flexibility index (Phi) is 3.69. The lowest BCUT2D eigenvalue weighted by molar-refractivity contribution is -0.131. The standard InChI is InChI=1S/C15H20N4O/c1-11-17-13-4-2-12(10-14(13)18-11)3-5-15(20)19-8-6-16-7-9-19/h2,4,10,16H,3,5-9H2,1H3,(H,17,18). The fraction of sp³-hybridized carbons (Fsp3) is 0.467. The minimum absolute atomic E-state index is 0.257. The number of piperazine rings is 1. The van der Waals surface area contributed by atoms with Crippen molar-refractivity contribution in [3.05, 3.63) is 29.6 Å². The van der Waals surface area contributed by atoms with E-state index in [9.17, 15) is 4.79 Å². The summed E-state index contributed by atoms with van der Waals surface area (Å²) in [7, 11) is 0. The van der Waals surface area contributed by atoms with E-state index in [1.165, 1.54) is 5.56 Å². The number of carbonyl (C=O) groups is 1. The number of rotatable bonds is 3. The molecule has 1 aliphatic heterocycles. The van der Waals surface area contributed by atoms with Gasteiger partial charge in [-0.05, 0) is 31.0 Å². The van der Waals surface area contributed by atoms with Crippen LogP contribution in [-0.2, 0) is 11.2 Å². The first-order valence-electron chi connectivity index (χ1n) is 7.16. The highest BCUT2D eigenvalue weighted by Gasteiger charge is 2.15. The van der Waals surface area contributed by atoms with Crippen molar-refractivity contribution in [2.24, 2.45) is 0 Å². The normalized spacial score (nSPS) is 15.8. The van der Waals surface area contributed by atoms with Gasteiger partial charge in [-0.3, -0.25) is 4.79 Å². The van der Waals surface area contributed by atoms with Crippen molar-refractivity contribution >= 4 is 16.9 Å². The number of amides is 1. The molecule has 1 amide bonds. The summed E-state index contributed by atoms with van der Waals surface area (Å²) in [5.41, 5.74) is 3.22. The molecule has 0 spiro atoms. The Balaban J connectivity index is 1.62. The number of hydrogen-bond donors (Lipinski definition) is 2. The third-order valence-corrected chi connectivity index (χ3v) is 3.76. The minimum Gasteiger partial charge on any atom is -0.342 e. The van der Waals surface area contributed by atoms with E-state index in [1.807, 2.05) is 17.9 Å². The van der Waals surface area contributed by atoms with Crippen molar-refractivity contribution in [1.82, 2.24) is 20.2 Å². The van der Waals surface area contributed by atoms with E-state index in [1.54, 1.807) is 0 Å². The molecule has 106 valence electrons. The molecule has 0 saturated carbocycles. The number of carbonyl (C=O) groups excluding carboxylic acids is 1.